The van der Waals surface area contributed by atoms with Crippen molar-refractivity contribution >= 4 is 12.1 Å². The number of aryl methyl sites for hydroxylation is 2. The number of hydrogen-bond acceptors (Lipinski definition) is 7. The molecule has 184 valence electrons. The highest BCUT2D eigenvalue weighted by atomic mass is 16.6. The maximum absolute atomic E-state index is 13.0. The summed E-state index contributed by atoms with van der Waals surface area (Å²) in [5.41, 5.74) is 1.69. The molecule has 0 bridgehead atoms. The minimum absolute atomic E-state index is 0.312. The lowest BCUT2D eigenvalue weighted by Gasteiger charge is -2.27. The van der Waals surface area contributed by atoms with Crippen LogP contribution in [0.3, 0.4) is 0 Å². The number of benzene rings is 2. The van der Waals surface area contributed by atoms with Crippen molar-refractivity contribution in [2.45, 2.75) is 45.2 Å². The molecule has 1 fully saturated rings. The summed E-state index contributed by atoms with van der Waals surface area (Å²) < 4.78 is 21.9. The number of hydrogen-bond donors (Lipinski definition) is 1. The van der Waals surface area contributed by atoms with Gasteiger partial charge in [-0.2, -0.15) is 0 Å². The van der Waals surface area contributed by atoms with E-state index in [-0.39, 0.29) is 0 Å². The number of rotatable bonds is 8. The number of carboxylic acids is 1. The molecule has 1 aliphatic heterocycles. The fourth-order valence-corrected chi connectivity index (χ4v) is 4.29. The summed E-state index contributed by atoms with van der Waals surface area (Å²) in [5.74, 6) is 1.97. The van der Waals surface area contributed by atoms with E-state index < -0.39 is 24.1 Å². The maximum atomic E-state index is 13.0. The van der Waals surface area contributed by atoms with Crippen LogP contribution in [0.15, 0.2) is 52.9 Å². The van der Waals surface area contributed by atoms with Crippen molar-refractivity contribution in [1.29, 1.82) is 0 Å². The normalized spacial score (nSPS) is 17.3. The van der Waals surface area contributed by atoms with Gasteiger partial charge in [-0.25, -0.2) is 14.6 Å². The van der Waals surface area contributed by atoms with Crippen LogP contribution in [0.5, 0.6) is 17.2 Å². The number of nitrogens with zero attached hydrogens (tertiary/aromatic N) is 2. The van der Waals surface area contributed by atoms with Gasteiger partial charge in [-0.15, -0.1) is 0 Å². The highest BCUT2D eigenvalue weighted by molar-refractivity contribution is 5.82. The predicted octanol–water partition coefficient (Wildman–Crippen LogP) is 4.71. The molecule has 0 aliphatic carbocycles. The van der Waals surface area contributed by atoms with Crippen molar-refractivity contribution in [3.8, 4) is 17.2 Å². The first kappa shape index (κ1) is 24.1. The Balaban J connectivity index is 1.43. The topological polar surface area (TPSA) is 111 Å². The lowest BCUT2D eigenvalue weighted by atomic mass is 10.0. The first-order valence-corrected chi connectivity index (χ1v) is 11.4. The standard InChI is InChI=1S/C26H28N2O7/c1-16-22(27-17(2)34-16)14-15-33-20-6-4-18(5-7-20)23-12-13-24(25(29)30)28(23)26(31)35-21-10-8-19(32-3)9-11-21/h4-11,23-24H,12-15H2,1-3H3,(H,29,30)/t23-,24+/m1/s1. The monoisotopic (exact) mass is 480 g/mol. The summed E-state index contributed by atoms with van der Waals surface area (Å²) in [7, 11) is 1.54. The van der Waals surface area contributed by atoms with E-state index in [0.717, 1.165) is 17.0 Å². The van der Waals surface area contributed by atoms with Gasteiger partial charge in [0.1, 0.15) is 29.1 Å². The number of carbonyl (C=O) groups is 2. The van der Waals surface area contributed by atoms with Crippen LogP contribution < -0.4 is 14.2 Å². The Morgan fingerprint density at radius 1 is 1.03 bits per heavy atom. The first-order chi connectivity index (χ1) is 16.9. The highest BCUT2D eigenvalue weighted by Gasteiger charge is 2.42. The molecule has 3 aromatic rings. The summed E-state index contributed by atoms with van der Waals surface area (Å²) in [4.78, 5) is 30.5. The van der Waals surface area contributed by atoms with Crippen LogP contribution in [-0.2, 0) is 11.2 Å². The van der Waals surface area contributed by atoms with Gasteiger partial charge in [0.2, 0.25) is 0 Å². The van der Waals surface area contributed by atoms with Crippen molar-refractivity contribution < 1.29 is 33.3 Å². The Kier molecular flexibility index (Phi) is 7.24. The molecule has 1 saturated heterocycles. The van der Waals surface area contributed by atoms with Gasteiger partial charge in [-0.3, -0.25) is 4.90 Å². The number of amides is 1. The van der Waals surface area contributed by atoms with Gasteiger partial charge in [0, 0.05) is 13.3 Å². The van der Waals surface area contributed by atoms with E-state index in [0.29, 0.717) is 49.0 Å². The largest absolute Gasteiger partial charge is 0.497 e. The number of carbonyl (C=O) groups excluding carboxylic acids is 1. The van der Waals surface area contributed by atoms with Gasteiger partial charge in [0.15, 0.2) is 5.89 Å². The fourth-order valence-electron chi connectivity index (χ4n) is 4.29. The number of likely N-dealkylation sites (tertiary alicyclic amines) is 1. The molecule has 1 aromatic heterocycles. The molecular formula is C26H28N2O7. The highest BCUT2D eigenvalue weighted by Crippen LogP contribution is 2.37. The average molecular weight is 481 g/mol. The fraction of sp³-hybridized carbons (Fsp3) is 0.346. The third kappa shape index (κ3) is 5.56. The van der Waals surface area contributed by atoms with E-state index in [1.54, 1.807) is 31.4 Å². The molecule has 2 heterocycles. The minimum atomic E-state index is -1.06. The van der Waals surface area contributed by atoms with Crippen molar-refractivity contribution in [2.75, 3.05) is 13.7 Å². The van der Waals surface area contributed by atoms with E-state index in [9.17, 15) is 14.7 Å². The molecule has 1 N–H and O–H groups in total. The van der Waals surface area contributed by atoms with Crippen LogP contribution in [0.2, 0.25) is 0 Å². The third-order valence-electron chi connectivity index (χ3n) is 6.02. The summed E-state index contributed by atoms with van der Waals surface area (Å²) in [6.07, 6.45) is 0.772. The lowest BCUT2D eigenvalue weighted by molar-refractivity contribution is -0.141. The Bertz CT molecular complexity index is 1170. The van der Waals surface area contributed by atoms with E-state index in [2.05, 4.69) is 4.98 Å². The van der Waals surface area contributed by atoms with Crippen molar-refractivity contribution in [2.24, 2.45) is 0 Å². The molecule has 2 aromatic carbocycles. The Morgan fingerprint density at radius 3 is 2.29 bits per heavy atom. The summed E-state index contributed by atoms with van der Waals surface area (Å²) in [6.45, 7) is 4.13. The van der Waals surface area contributed by atoms with Gasteiger partial charge in [0.05, 0.1) is 25.5 Å². The van der Waals surface area contributed by atoms with Crippen molar-refractivity contribution in [3.05, 3.63) is 71.4 Å². The molecule has 35 heavy (non-hydrogen) atoms. The van der Waals surface area contributed by atoms with Crippen molar-refractivity contribution in [1.82, 2.24) is 9.88 Å². The van der Waals surface area contributed by atoms with E-state index in [1.807, 2.05) is 38.1 Å². The number of oxazole rings is 1. The summed E-state index contributed by atoms with van der Waals surface area (Å²) in [6, 6.07) is 12.5. The second-order valence-corrected chi connectivity index (χ2v) is 8.30. The van der Waals surface area contributed by atoms with Crippen LogP contribution in [0.25, 0.3) is 0 Å². The lowest BCUT2D eigenvalue weighted by Crippen LogP contribution is -2.43. The second kappa shape index (κ2) is 10.5. The summed E-state index contributed by atoms with van der Waals surface area (Å²) in [5, 5.41) is 9.69. The number of carboxylic acid groups (broad SMARTS) is 1. The third-order valence-corrected chi connectivity index (χ3v) is 6.02. The van der Waals surface area contributed by atoms with Crippen molar-refractivity contribution in [3.63, 3.8) is 0 Å². The van der Waals surface area contributed by atoms with Crippen LogP contribution in [-0.4, -0.2) is 46.8 Å². The molecule has 0 spiro atoms. The van der Waals surface area contributed by atoms with Gasteiger partial charge < -0.3 is 23.7 Å². The van der Waals surface area contributed by atoms with Crippen LogP contribution >= 0.6 is 0 Å². The second-order valence-electron chi connectivity index (χ2n) is 8.30. The molecule has 0 unspecified atom stereocenters. The average Bonchev–Trinajstić information content (AvgIpc) is 3.43. The Morgan fingerprint density at radius 2 is 1.69 bits per heavy atom. The Hall–Kier alpha value is -4.01. The zero-order chi connectivity index (χ0) is 24.9. The minimum Gasteiger partial charge on any atom is -0.497 e. The molecule has 1 amide bonds. The van der Waals surface area contributed by atoms with Crippen LogP contribution in [0.1, 0.15) is 41.8 Å². The molecule has 0 radical (unpaired) electrons. The number of aromatic nitrogens is 1. The van der Waals surface area contributed by atoms with E-state index in [1.165, 1.54) is 4.90 Å². The smallest absolute Gasteiger partial charge is 0.416 e. The number of methoxy groups -OCH3 is 1. The number of ether oxygens (including phenoxy) is 3. The quantitative estimate of drug-likeness (QED) is 0.493. The molecule has 9 heteroatoms. The molecule has 2 atom stereocenters. The number of aliphatic carboxylic acids is 1. The molecule has 4 rings (SSSR count). The SMILES string of the molecule is COc1ccc(OC(=O)N2[C@@H](c3ccc(OCCc4nc(C)oc4C)cc3)CC[C@H]2C(=O)O)cc1. The van der Waals surface area contributed by atoms with Gasteiger partial charge in [-0.05, 0) is 61.7 Å². The molecule has 9 nitrogen and oxygen atoms in total. The van der Waals surface area contributed by atoms with E-state index in [4.69, 9.17) is 18.6 Å². The summed E-state index contributed by atoms with van der Waals surface area (Å²) >= 11 is 0. The van der Waals surface area contributed by atoms with Gasteiger partial charge in [-0.1, -0.05) is 12.1 Å². The maximum Gasteiger partial charge on any atom is 0.416 e. The zero-order valence-corrected chi connectivity index (χ0v) is 19.9. The van der Waals surface area contributed by atoms with Crippen LogP contribution in [0.4, 0.5) is 4.79 Å². The Labute approximate surface area is 203 Å². The molecular weight excluding hydrogens is 452 g/mol. The van der Waals surface area contributed by atoms with Gasteiger partial charge >= 0.3 is 12.1 Å². The zero-order valence-electron chi connectivity index (χ0n) is 19.9. The van der Waals surface area contributed by atoms with E-state index >= 15 is 0 Å². The first-order valence-electron chi connectivity index (χ1n) is 11.4. The predicted molar refractivity (Wildman–Crippen MR) is 126 cm³/mol. The molecule has 1 aliphatic rings. The van der Waals surface area contributed by atoms with Gasteiger partial charge in [0.25, 0.3) is 0 Å². The van der Waals surface area contributed by atoms with Crippen LogP contribution in [0, 0.1) is 13.8 Å². The molecule has 0 saturated carbocycles.